The number of rotatable bonds is 6. The molecule has 1 heterocycles. The molecule has 3 nitrogen and oxygen atoms in total. The zero-order valence-electron chi connectivity index (χ0n) is 14.2. The maximum absolute atomic E-state index is 9.50. The van der Waals surface area contributed by atoms with Gasteiger partial charge in [-0.3, -0.25) is 10.2 Å². The topological polar surface area (TPSA) is 39.1 Å². The molecule has 116 valence electrons. The van der Waals surface area contributed by atoms with Gasteiger partial charge in [0.05, 0.1) is 6.07 Å². The minimum atomic E-state index is -0.404. The molecule has 0 saturated carbocycles. The van der Waals surface area contributed by atoms with Crippen molar-refractivity contribution in [2.75, 3.05) is 13.1 Å². The Morgan fingerprint density at radius 2 is 2.05 bits per heavy atom. The van der Waals surface area contributed by atoms with Crippen molar-refractivity contribution in [3.8, 4) is 6.07 Å². The van der Waals surface area contributed by atoms with Crippen molar-refractivity contribution in [3.63, 3.8) is 0 Å². The Morgan fingerprint density at radius 1 is 1.40 bits per heavy atom. The molecule has 0 aliphatic carbocycles. The summed E-state index contributed by atoms with van der Waals surface area (Å²) in [6, 6.07) is 3.55. The average molecular weight is 279 g/mol. The molecule has 0 aromatic heterocycles. The first-order chi connectivity index (χ1) is 9.33. The van der Waals surface area contributed by atoms with Gasteiger partial charge in [-0.05, 0) is 58.4 Å². The molecule has 1 N–H and O–H groups in total. The molecule has 0 aromatic rings. The summed E-state index contributed by atoms with van der Waals surface area (Å²) in [6.07, 6.45) is 3.29. The summed E-state index contributed by atoms with van der Waals surface area (Å²) >= 11 is 0. The van der Waals surface area contributed by atoms with Gasteiger partial charge in [0.15, 0.2) is 0 Å². The molecule has 5 unspecified atom stereocenters. The van der Waals surface area contributed by atoms with Gasteiger partial charge >= 0.3 is 0 Å². The molecule has 5 atom stereocenters. The fourth-order valence-corrected chi connectivity index (χ4v) is 3.61. The molecule has 0 radical (unpaired) electrons. The number of likely N-dealkylation sites (tertiary alicyclic amines) is 1. The third kappa shape index (κ3) is 4.46. The van der Waals surface area contributed by atoms with Gasteiger partial charge in [-0.25, -0.2) is 0 Å². The van der Waals surface area contributed by atoms with Crippen molar-refractivity contribution in [2.45, 2.75) is 78.4 Å². The Hall–Kier alpha value is -0.590. The number of hydrogen-bond donors (Lipinski definition) is 1. The van der Waals surface area contributed by atoms with Crippen LogP contribution in [0.5, 0.6) is 0 Å². The summed E-state index contributed by atoms with van der Waals surface area (Å²) in [4.78, 5) is 2.61. The molecule has 20 heavy (non-hydrogen) atoms. The molecule has 0 spiro atoms. The minimum absolute atomic E-state index is 0.404. The molecule has 1 saturated heterocycles. The SMILES string of the molecule is CCCNC(C)(C#N)CC(C)N1CC(C)CC(C)C1C. The highest BCUT2D eigenvalue weighted by molar-refractivity contribution is 5.06. The molecule has 1 rings (SSSR count). The molecule has 1 aliphatic heterocycles. The predicted octanol–water partition coefficient (Wildman–Crippen LogP) is 3.41. The van der Waals surface area contributed by atoms with Gasteiger partial charge in [-0.15, -0.1) is 0 Å². The summed E-state index contributed by atoms with van der Waals surface area (Å²) in [6.45, 7) is 15.6. The van der Waals surface area contributed by atoms with E-state index >= 15 is 0 Å². The van der Waals surface area contributed by atoms with Gasteiger partial charge < -0.3 is 0 Å². The number of nitriles is 1. The summed E-state index contributed by atoms with van der Waals surface area (Å²) in [5.74, 6) is 1.51. The lowest BCUT2D eigenvalue weighted by Gasteiger charge is -2.45. The maximum Gasteiger partial charge on any atom is 0.105 e. The largest absolute Gasteiger partial charge is 0.300 e. The second-order valence-electron chi connectivity index (χ2n) is 7.18. The molecule has 0 bridgehead atoms. The molecule has 1 fully saturated rings. The summed E-state index contributed by atoms with van der Waals surface area (Å²) in [5.41, 5.74) is -0.404. The van der Waals surface area contributed by atoms with E-state index in [0.29, 0.717) is 12.1 Å². The van der Waals surface area contributed by atoms with E-state index in [0.717, 1.165) is 31.2 Å². The lowest BCUT2D eigenvalue weighted by molar-refractivity contribution is 0.0369. The van der Waals surface area contributed by atoms with Gasteiger partial charge in [-0.2, -0.15) is 5.26 Å². The summed E-state index contributed by atoms with van der Waals surface area (Å²) < 4.78 is 0. The molecular formula is C17H33N3. The van der Waals surface area contributed by atoms with Crippen molar-refractivity contribution in [1.82, 2.24) is 10.2 Å². The van der Waals surface area contributed by atoms with E-state index in [1.807, 2.05) is 6.92 Å². The number of piperidine rings is 1. The third-order valence-electron chi connectivity index (χ3n) is 4.93. The smallest absolute Gasteiger partial charge is 0.105 e. The van der Waals surface area contributed by atoms with E-state index in [-0.39, 0.29) is 0 Å². The second-order valence-corrected chi connectivity index (χ2v) is 7.18. The van der Waals surface area contributed by atoms with Crippen LogP contribution in [0.3, 0.4) is 0 Å². The monoisotopic (exact) mass is 279 g/mol. The number of nitrogens with zero attached hydrogens (tertiary/aromatic N) is 2. The molecular weight excluding hydrogens is 246 g/mol. The van der Waals surface area contributed by atoms with Crippen molar-refractivity contribution < 1.29 is 0 Å². The Labute approximate surface area is 125 Å². The van der Waals surface area contributed by atoms with Crippen molar-refractivity contribution in [3.05, 3.63) is 0 Å². The Bertz CT molecular complexity index is 336. The first-order valence-electron chi connectivity index (χ1n) is 8.25. The fourth-order valence-electron chi connectivity index (χ4n) is 3.61. The molecule has 1 aliphatic rings. The highest BCUT2D eigenvalue weighted by atomic mass is 15.2. The zero-order valence-corrected chi connectivity index (χ0v) is 14.2. The zero-order chi connectivity index (χ0) is 15.3. The van der Waals surface area contributed by atoms with Crippen LogP contribution in [0.15, 0.2) is 0 Å². The fraction of sp³-hybridized carbons (Fsp3) is 0.941. The van der Waals surface area contributed by atoms with Crippen LogP contribution in [0.2, 0.25) is 0 Å². The molecule has 3 heteroatoms. The summed E-state index contributed by atoms with van der Waals surface area (Å²) in [5, 5.41) is 12.9. The van der Waals surface area contributed by atoms with Gasteiger partial charge in [0.2, 0.25) is 0 Å². The normalized spacial score (nSPS) is 32.4. The van der Waals surface area contributed by atoms with Gasteiger partial charge in [0.1, 0.15) is 5.54 Å². The lowest BCUT2D eigenvalue weighted by Crippen LogP contribution is -2.53. The van der Waals surface area contributed by atoms with Gasteiger partial charge in [-0.1, -0.05) is 20.8 Å². The van der Waals surface area contributed by atoms with Crippen LogP contribution in [-0.4, -0.2) is 35.6 Å². The van der Waals surface area contributed by atoms with E-state index < -0.39 is 5.54 Å². The average Bonchev–Trinajstić information content (AvgIpc) is 2.40. The predicted molar refractivity (Wildman–Crippen MR) is 85.5 cm³/mol. The van der Waals surface area contributed by atoms with Crippen molar-refractivity contribution >= 4 is 0 Å². The van der Waals surface area contributed by atoms with E-state index in [2.05, 4.69) is 50.9 Å². The van der Waals surface area contributed by atoms with E-state index in [4.69, 9.17) is 0 Å². The number of nitrogens with one attached hydrogen (secondary N) is 1. The Morgan fingerprint density at radius 3 is 2.60 bits per heavy atom. The van der Waals surface area contributed by atoms with Crippen LogP contribution in [0.4, 0.5) is 0 Å². The van der Waals surface area contributed by atoms with Crippen LogP contribution in [0.1, 0.15) is 60.8 Å². The van der Waals surface area contributed by atoms with E-state index in [9.17, 15) is 5.26 Å². The second kappa shape index (κ2) is 7.43. The molecule has 0 amide bonds. The van der Waals surface area contributed by atoms with Crippen LogP contribution in [0, 0.1) is 23.2 Å². The highest BCUT2D eigenvalue weighted by Crippen LogP contribution is 2.30. The maximum atomic E-state index is 9.50. The minimum Gasteiger partial charge on any atom is -0.300 e. The first kappa shape index (κ1) is 17.5. The standard InChI is InChI=1S/C17H33N3/c1-7-8-19-17(6,12-18)10-15(4)20-11-13(2)9-14(3)16(20)5/h13-16,19H,7-11H2,1-6H3. The first-order valence-corrected chi connectivity index (χ1v) is 8.25. The van der Waals surface area contributed by atoms with Crippen molar-refractivity contribution in [1.29, 1.82) is 5.26 Å². The van der Waals surface area contributed by atoms with E-state index in [1.165, 1.54) is 13.0 Å². The van der Waals surface area contributed by atoms with Crippen LogP contribution in [-0.2, 0) is 0 Å². The van der Waals surface area contributed by atoms with Gasteiger partial charge in [0, 0.05) is 18.6 Å². The quantitative estimate of drug-likeness (QED) is 0.810. The van der Waals surface area contributed by atoms with E-state index in [1.54, 1.807) is 0 Å². The number of hydrogen-bond acceptors (Lipinski definition) is 3. The Kier molecular flexibility index (Phi) is 6.48. The summed E-state index contributed by atoms with van der Waals surface area (Å²) in [7, 11) is 0. The third-order valence-corrected chi connectivity index (χ3v) is 4.93. The van der Waals surface area contributed by atoms with Crippen LogP contribution < -0.4 is 5.32 Å². The lowest BCUT2D eigenvalue weighted by atomic mass is 9.83. The molecule has 0 aromatic carbocycles. The van der Waals surface area contributed by atoms with Crippen LogP contribution in [0.25, 0.3) is 0 Å². The van der Waals surface area contributed by atoms with Crippen LogP contribution >= 0.6 is 0 Å². The Balaban J connectivity index is 2.68. The van der Waals surface area contributed by atoms with Crippen molar-refractivity contribution in [2.24, 2.45) is 11.8 Å². The highest BCUT2D eigenvalue weighted by Gasteiger charge is 2.35. The van der Waals surface area contributed by atoms with Gasteiger partial charge in [0.25, 0.3) is 0 Å².